The van der Waals surface area contributed by atoms with Gasteiger partial charge in [0.05, 0.1) is 5.69 Å². The maximum Gasteiger partial charge on any atom is 0.303 e. The van der Waals surface area contributed by atoms with E-state index in [4.69, 9.17) is 5.11 Å². The van der Waals surface area contributed by atoms with Gasteiger partial charge in [0.1, 0.15) is 0 Å². The molecule has 6 nitrogen and oxygen atoms in total. The minimum Gasteiger partial charge on any atom is -0.481 e. The Kier molecular flexibility index (Phi) is 5.16. The molecule has 0 radical (unpaired) electrons. The fourth-order valence-corrected chi connectivity index (χ4v) is 3.41. The maximum atomic E-state index is 13.0. The molecule has 1 amide bonds. The van der Waals surface area contributed by atoms with E-state index < -0.39 is 5.97 Å². The molecule has 1 atom stereocenters. The van der Waals surface area contributed by atoms with Crippen LogP contribution in [0.3, 0.4) is 0 Å². The van der Waals surface area contributed by atoms with Crippen LogP contribution in [0.5, 0.6) is 0 Å². The van der Waals surface area contributed by atoms with Gasteiger partial charge >= 0.3 is 5.97 Å². The van der Waals surface area contributed by atoms with Gasteiger partial charge in [0.2, 0.25) is 0 Å². The van der Waals surface area contributed by atoms with E-state index in [1.54, 1.807) is 10.7 Å². The highest BCUT2D eigenvalue weighted by Gasteiger charge is 2.29. The third kappa shape index (κ3) is 3.90. The molecule has 1 saturated heterocycles. The number of benzene rings is 1. The van der Waals surface area contributed by atoms with Gasteiger partial charge in [-0.2, -0.15) is 5.10 Å². The number of rotatable bonds is 5. The number of carbonyl (C=O) groups is 2. The Morgan fingerprint density at radius 3 is 2.72 bits per heavy atom. The van der Waals surface area contributed by atoms with Gasteiger partial charge in [0.25, 0.3) is 5.91 Å². The standard InChI is InChI=1S/C19H23N3O3/c1-14-13-17(20-22(14)16-8-3-2-4-9-16)19(25)21-12-6-5-7-15(21)10-11-18(23)24/h2-4,8-9,13,15H,5-7,10-12H2,1H3,(H,23,24)/t15-/m0/s1. The highest BCUT2D eigenvalue weighted by molar-refractivity contribution is 5.92. The molecule has 1 aliphatic heterocycles. The van der Waals surface area contributed by atoms with Crippen molar-refractivity contribution in [1.29, 1.82) is 0 Å². The fraction of sp³-hybridized carbons (Fsp3) is 0.421. The van der Waals surface area contributed by atoms with E-state index >= 15 is 0 Å². The zero-order valence-corrected chi connectivity index (χ0v) is 14.4. The van der Waals surface area contributed by atoms with Crippen molar-refractivity contribution >= 4 is 11.9 Å². The Balaban J connectivity index is 1.81. The number of amides is 1. The Hall–Kier alpha value is -2.63. The van der Waals surface area contributed by atoms with Crippen molar-refractivity contribution in [2.75, 3.05) is 6.54 Å². The molecule has 1 aliphatic rings. The Labute approximate surface area is 147 Å². The number of aliphatic carboxylic acids is 1. The van der Waals surface area contributed by atoms with Gasteiger partial charge < -0.3 is 10.0 Å². The quantitative estimate of drug-likeness (QED) is 0.907. The lowest BCUT2D eigenvalue weighted by Crippen LogP contribution is -2.44. The second-order valence-electron chi connectivity index (χ2n) is 6.50. The first-order valence-electron chi connectivity index (χ1n) is 8.71. The highest BCUT2D eigenvalue weighted by Crippen LogP contribution is 2.23. The summed E-state index contributed by atoms with van der Waals surface area (Å²) in [5, 5.41) is 13.4. The van der Waals surface area contributed by atoms with E-state index in [0.717, 1.165) is 30.6 Å². The van der Waals surface area contributed by atoms with Crippen molar-refractivity contribution in [3.63, 3.8) is 0 Å². The fourth-order valence-electron chi connectivity index (χ4n) is 3.41. The van der Waals surface area contributed by atoms with Crippen molar-refractivity contribution in [2.45, 2.75) is 45.1 Å². The molecule has 1 fully saturated rings. The smallest absolute Gasteiger partial charge is 0.303 e. The maximum absolute atomic E-state index is 13.0. The van der Waals surface area contributed by atoms with Gasteiger partial charge in [-0.15, -0.1) is 0 Å². The van der Waals surface area contributed by atoms with E-state index in [-0.39, 0.29) is 18.4 Å². The topological polar surface area (TPSA) is 75.4 Å². The number of carboxylic acids is 1. The van der Waals surface area contributed by atoms with Crippen LogP contribution in [-0.2, 0) is 4.79 Å². The number of hydrogen-bond acceptors (Lipinski definition) is 3. The molecule has 2 aromatic rings. The van der Waals surface area contributed by atoms with Crippen LogP contribution in [0.4, 0.5) is 0 Å². The van der Waals surface area contributed by atoms with Gasteiger partial charge in [-0.1, -0.05) is 18.2 Å². The third-order valence-electron chi connectivity index (χ3n) is 4.69. The van der Waals surface area contributed by atoms with E-state index in [1.807, 2.05) is 42.2 Å². The van der Waals surface area contributed by atoms with E-state index in [2.05, 4.69) is 5.10 Å². The predicted molar refractivity (Wildman–Crippen MR) is 93.8 cm³/mol. The number of aryl methyl sites for hydroxylation is 1. The largest absolute Gasteiger partial charge is 0.481 e. The molecular weight excluding hydrogens is 318 g/mol. The molecule has 0 bridgehead atoms. The number of carbonyl (C=O) groups excluding carboxylic acids is 1. The van der Waals surface area contributed by atoms with Gasteiger partial charge in [0, 0.05) is 24.7 Å². The molecule has 25 heavy (non-hydrogen) atoms. The minimum atomic E-state index is -0.817. The number of hydrogen-bond donors (Lipinski definition) is 1. The lowest BCUT2D eigenvalue weighted by molar-refractivity contribution is -0.137. The first-order valence-corrected chi connectivity index (χ1v) is 8.71. The molecule has 0 unspecified atom stereocenters. The number of piperidine rings is 1. The summed E-state index contributed by atoms with van der Waals surface area (Å²) in [6.07, 6.45) is 3.43. The zero-order chi connectivity index (χ0) is 17.8. The number of nitrogens with zero attached hydrogens (tertiary/aromatic N) is 3. The van der Waals surface area contributed by atoms with Crippen molar-refractivity contribution in [2.24, 2.45) is 0 Å². The number of carboxylic acid groups (broad SMARTS) is 1. The molecule has 1 N–H and O–H groups in total. The van der Waals surface area contributed by atoms with Crippen molar-refractivity contribution in [1.82, 2.24) is 14.7 Å². The van der Waals surface area contributed by atoms with Crippen LogP contribution >= 0.6 is 0 Å². The summed E-state index contributed by atoms with van der Waals surface area (Å²) in [7, 11) is 0. The van der Waals surface area contributed by atoms with Crippen LogP contribution < -0.4 is 0 Å². The van der Waals surface area contributed by atoms with Gasteiger partial charge in [-0.05, 0) is 50.8 Å². The van der Waals surface area contributed by atoms with Crippen molar-refractivity contribution < 1.29 is 14.7 Å². The van der Waals surface area contributed by atoms with E-state index in [0.29, 0.717) is 18.7 Å². The molecule has 132 valence electrons. The summed E-state index contributed by atoms with van der Waals surface area (Å²) in [4.78, 5) is 25.6. The molecule has 6 heteroatoms. The van der Waals surface area contributed by atoms with E-state index in [9.17, 15) is 9.59 Å². The molecule has 0 aliphatic carbocycles. The van der Waals surface area contributed by atoms with Crippen molar-refractivity contribution in [3.05, 3.63) is 47.8 Å². The van der Waals surface area contributed by atoms with Gasteiger partial charge in [-0.3, -0.25) is 9.59 Å². The van der Waals surface area contributed by atoms with Crippen LogP contribution in [-0.4, -0.2) is 44.3 Å². The Bertz CT molecular complexity index is 755. The number of para-hydroxylation sites is 1. The second-order valence-corrected chi connectivity index (χ2v) is 6.50. The first-order chi connectivity index (χ1) is 12.1. The van der Waals surface area contributed by atoms with Crippen LogP contribution in [0, 0.1) is 6.92 Å². The zero-order valence-electron chi connectivity index (χ0n) is 14.4. The molecule has 1 aromatic carbocycles. The normalized spacial score (nSPS) is 17.5. The first kappa shape index (κ1) is 17.2. The lowest BCUT2D eigenvalue weighted by Gasteiger charge is -2.35. The monoisotopic (exact) mass is 341 g/mol. The van der Waals surface area contributed by atoms with Gasteiger partial charge in [0.15, 0.2) is 5.69 Å². The third-order valence-corrected chi connectivity index (χ3v) is 4.69. The summed E-state index contributed by atoms with van der Waals surface area (Å²) in [6, 6.07) is 11.5. The molecule has 0 spiro atoms. The summed E-state index contributed by atoms with van der Waals surface area (Å²) in [5.74, 6) is -0.921. The Morgan fingerprint density at radius 1 is 1.24 bits per heavy atom. The lowest BCUT2D eigenvalue weighted by atomic mass is 9.97. The molecule has 2 heterocycles. The molecule has 1 aromatic heterocycles. The van der Waals surface area contributed by atoms with Crippen LogP contribution in [0.15, 0.2) is 36.4 Å². The number of aromatic nitrogens is 2. The molecule has 3 rings (SSSR count). The second kappa shape index (κ2) is 7.51. The van der Waals surface area contributed by atoms with E-state index in [1.165, 1.54) is 0 Å². The summed E-state index contributed by atoms with van der Waals surface area (Å²) in [5.41, 5.74) is 2.23. The minimum absolute atomic E-state index is 0.0143. The SMILES string of the molecule is Cc1cc(C(=O)N2CCCC[C@H]2CCC(=O)O)nn1-c1ccccc1. The summed E-state index contributed by atoms with van der Waals surface area (Å²) >= 11 is 0. The molecular formula is C19H23N3O3. The summed E-state index contributed by atoms with van der Waals surface area (Å²) in [6.45, 7) is 2.59. The average molecular weight is 341 g/mol. The van der Waals surface area contributed by atoms with Crippen LogP contribution in [0.2, 0.25) is 0 Å². The van der Waals surface area contributed by atoms with Gasteiger partial charge in [-0.25, -0.2) is 4.68 Å². The van der Waals surface area contributed by atoms with Crippen LogP contribution in [0.1, 0.15) is 48.3 Å². The van der Waals surface area contributed by atoms with Crippen LogP contribution in [0.25, 0.3) is 5.69 Å². The highest BCUT2D eigenvalue weighted by atomic mass is 16.4. The Morgan fingerprint density at radius 2 is 2.00 bits per heavy atom. The average Bonchev–Trinajstić information content (AvgIpc) is 3.02. The number of likely N-dealkylation sites (tertiary alicyclic amines) is 1. The summed E-state index contributed by atoms with van der Waals surface area (Å²) < 4.78 is 1.77. The molecule has 0 saturated carbocycles. The predicted octanol–water partition coefficient (Wildman–Crippen LogP) is 3.04. The van der Waals surface area contributed by atoms with Crippen molar-refractivity contribution in [3.8, 4) is 5.69 Å².